The van der Waals surface area contributed by atoms with Crippen molar-refractivity contribution in [3.63, 3.8) is 0 Å². The van der Waals surface area contributed by atoms with E-state index in [1.165, 1.54) is 29.3 Å². The van der Waals surface area contributed by atoms with Crippen molar-refractivity contribution in [1.29, 1.82) is 0 Å². The van der Waals surface area contributed by atoms with Gasteiger partial charge in [-0.05, 0) is 62.9 Å². The highest BCUT2D eigenvalue weighted by Gasteiger charge is 2.34. The highest BCUT2D eigenvalue weighted by molar-refractivity contribution is 7.89. The molecule has 0 bridgehead atoms. The summed E-state index contributed by atoms with van der Waals surface area (Å²) in [6, 6.07) is 5.02. The Morgan fingerprint density at radius 2 is 1.83 bits per heavy atom. The average Bonchev–Trinajstić information content (AvgIpc) is 2.73. The van der Waals surface area contributed by atoms with E-state index in [1.807, 2.05) is 0 Å². The average molecular weight is 426 g/mol. The number of halogens is 1. The van der Waals surface area contributed by atoms with E-state index >= 15 is 0 Å². The molecule has 0 spiro atoms. The number of rotatable bonds is 7. The first-order valence-electron chi connectivity index (χ1n) is 10.7. The second kappa shape index (κ2) is 10.00. The lowest BCUT2D eigenvalue weighted by Crippen LogP contribution is -2.50. The molecule has 2 aliphatic rings. The normalized spacial score (nSPS) is 22.5. The van der Waals surface area contributed by atoms with Crippen LogP contribution in [0.2, 0.25) is 0 Å². The Bertz CT molecular complexity index is 777. The highest BCUT2D eigenvalue weighted by Crippen LogP contribution is 2.24. The number of carbonyl (C=O) groups is 1. The Kier molecular flexibility index (Phi) is 7.65. The maximum Gasteiger partial charge on any atom is 0.243 e. The van der Waals surface area contributed by atoms with E-state index in [0.29, 0.717) is 19.4 Å². The van der Waals surface area contributed by atoms with Crippen molar-refractivity contribution >= 4 is 15.9 Å². The quantitative estimate of drug-likeness (QED) is 0.729. The summed E-state index contributed by atoms with van der Waals surface area (Å²) in [5.41, 5.74) is 0. The van der Waals surface area contributed by atoms with Gasteiger partial charge in [-0.2, -0.15) is 4.31 Å². The molecule has 2 saturated heterocycles. The van der Waals surface area contributed by atoms with Crippen LogP contribution >= 0.6 is 0 Å². The second-order valence-corrected chi connectivity index (χ2v) is 10.1. The molecule has 1 N–H and O–H groups in total. The molecule has 1 atom stereocenters. The number of nitrogens with one attached hydrogen (secondary N) is 1. The monoisotopic (exact) mass is 425 g/mol. The smallest absolute Gasteiger partial charge is 0.243 e. The Morgan fingerprint density at radius 1 is 1.14 bits per heavy atom. The molecule has 6 nitrogen and oxygen atoms in total. The molecule has 8 heteroatoms. The number of amides is 1. The molecule has 0 aliphatic carbocycles. The fourth-order valence-corrected chi connectivity index (χ4v) is 5.66. The molecule has 0 saturated carbocycles. The summed E-state index contributed by atoms with van der Waals surface area (Å²) in [6.07, 6.45) is 5.62. The third-order valence-corrected chi connectivity index (χ3v) is 7.85. The maximum absolute atomic E-state index is 13.1. The van der Waals surface area contributed by atoms with Crippen molar-refractivity contribution in [3.8, 4) is 0 Å². The van der Waals surface area contributed by atoms with Gasteiger partial charge in [0.25, 0.3) is 0 Å². The minimum Gasteiger partial charge on any atom is -0.353 e. The minimum absolute atomic E-state index is 0.0454. The van der Waals surface area contributed by atoms with E-state index < -0.39 is 15.8 Å². The summed E-state index contributed by atoms with van der Waals surface area (Å²) in [5, 5.41) is 3.15. The molecule has 2 heterocycles. The highest BCUT2D eigenvalue weighted by atomic mass is 32.2. The molecule has 0 aromatic heterocycles. The fourth-order valence-electron chi connectivity index (χ4n) is 4.13. The van der Waals surface area contributed by atoms with Gasteiger partial charge in [-0.15, -0.1) is 0 Å². The van der Waals surface area contributed by atoms with Crippen LogP contribution in [-0.4, -0.2) is 62.3 Å². The van der Waals surface area contributed by atoms with Crippen LogP contribution in [0.1, 0.15) is 45.4 Å². The predicted molar refractivity (Wildman–Crippen MR) is 110 cm³/mol. The molecule has 1 unspecified atom stereocenters. The van der Waals surface area contributed by atoms with Gasteiger partial charge in [0, 0.05) is 32.2 Å². The zero-order valence-corrected chi connectivity index (χ0v) is 18.0. The van der Waals surface area contributed by atoms with Crippen molar-refractivity contribution in [3.05, 3.63) is 30.1 Å². The van der Waals surface area contributed by atoms with Crippen LogP contribution in [0.15, 0.2) is 29.2 Å². The standard InChI is InChI=1S/C21H32FN3O3S/c1-2-3-12-24-14-10-19(11-15-24)23-21(26)17-5-4-13-25(16-17)29(27,28)20-8-6-18(22)7-9-20/h6-9,17,19H,2-5,10-16H2,1H3,(H,23,26). The molecule has 3 rings (SSSR count). The van der Waals surface area contributed by atoms with Crippen molar-refractivity contribution in [2.75, 3.05) is 32.7 Å². The Labute approximate surface area is 173 Å². The van der Waals surface area contributed by atoms with E-state index in [2.05, 4.69) is 17.1 Å². The third-order valence-electron chi connectivity index (χ3n) is 5.97. The van der Waals surface area contributed by atoms with Gasteiger partial charge < -0.3 is 10.2 Å². The van der Waals surface area contributed by atoms with Crippen LogP contribution in [0.5, 0.6) is 0 Å². The van der Waals surface area contributed by atoms with Crippen LogP contribution in [0.4, 0.5) is 4.39 Å². The van der Waals surface area contributed by atoms with Crippen LogP contribution in [0.3, 0.4) is 0 Å². The maximum atomic E-state index is 13.1. The van der Waals surface area contributed by atoms with E-state index in [0.717, 1.165) is 44.6 Å². The van der Waals surface area contributed by atoms with E-state index in [-0.39, 0.29) is 29.3 Å². The molecule has 29 heavy (non-hydrogen) atoms. The number of sulfonamides is 1. The Morgan fingerprint density at radius 3 is 2.48 bits per heavy atom. The predicted octanol–water partition coefficient (Wildman–Crippen LogP) is 2.61. The zero-order chi connectivity index (χ0) is 20.9. The summed E-state index contributed by atoms with van der Waals surface area (Å²) in [6.45, 7) is 5.88. The van der Waals surface area contributed by atoms with Gasteiger partial charge in [-0.3, -0.25) is 4.79 Å². The molecule has 0 radical (unpaired) electrons. The van der Waals surface area contributed by atoms with Gasteiger partial charge in [-0.1, -0.05) is 13.3 Å². The lowest BCUT2D eigenvalue weighted by Gasteiger charge is -2.35. The number of likely N-dealkylation sites (tertiary alicyclic amines) is 1. The Balaban J connectivity index is 1.54. The van der Waals surface area contributed by atoms with Gasteiger partial charge >= 0.3 is 0 Å². The first-order valence-corrected chi connectivity index (χ1v) is 12.1. The van der Waals surface area contributed by atoms with Gasteiger partial charge in [-0.25, -0.2) is 12.8 Å². The summed E-state index contributed by atoms with van der Waals surface area (Å²) >= 11 is 0. The molecular weight excluding hydrogens is 393 g/mol. The van der Waals surface area contributed by atoms with Crippen molar-refractivity contribution in [2.24, 2.45) is 5.92 Å². The molecule has 2 fully saturated rings. The van der Waals surface area contributed by atoms with Crippen LogP contribution in [0.25, 0.3) is 0 Å². The lowest BCUT2D eigenvalue weighted by atomic mass is 9.97. The number of hydrogen-bond donors (Lipinski definition) is 1. The SMILES string of the molecule is CCCCN1CCC(NC(=O)C2CCCN(S(=O)(=O)c3ccc(F)cc3)C2)CC1. The van der Waals surface area contributed by atoms with Crippen LogP contribution in [-0.2, 0) is 14.8 Å². The zero-order valence-electron chi connectivity index (χ0n) is 17.1. The van der Waals surface area contributed by atoms with Crippen molar-refractivity contribution in [2.45, 2.75) is 56.4 Å². The van der Waals surface area contributed by atoms with Crippen molar-refractivity contribution < 1.29 is 17.6 Å². The lowest BCUT2D eigenvalue weighted by molar-refractivity contribution is -0.127. The van der Waals surface area contributed by atoms with Crippen LogP contribution < -0.4 is 5.32 Å². The fraction of sp³-hybridized carbons (Fsp3) is 0.667. The van der Waals surface area contributed by atoms with Gasteiger partial charge in [0.2, 0.25) is 15.9 Å². The van der Waals surface area contributed by atoms with E-state index in [1.54, 1.807) is 0 Å². The molecule has 2 aliphatic heterocycles. The van der Waals surface area contributed by atoms with Gasteiger partial charge in [0.15, 0.2) is 0 Å². The number of nitrogens with zero attached hydrogens (tertiary/aromatic N) is 2. The number of carbonyl (C=O) groups excluding carboxylic acids is 1. The summed E-state index contributed by atoms with van der Waals surface area (Å²) in [5.74, 6) is -0.853. The summed E-state index contributed by atoms with van der Waals surface area (Å²) in [7, 11) is -3.71. The number of unbranched alkanes of at least 4 members (excludes halogenated alkanes) is 1. The number of piperidine rings is 2. The molecular formula is C21H32FN3O3S. The van der Waals surface area contributed by atoms with E-state index in [4.69, 9.17) is 0 Å². The molecule has 162 valence electrons. The second-order valence-electron chi connectivity index (χ2n) is 8.13. The first kappa shape index (κ1) is 22.2. The summed E-state index contributed by atoms with van der Waals surface area (Å²) < 4.78 is 40.2. The minimum atomic E-state index is -3.71. The van der Waals surface area contributed by atoms with Gasteiger partial charge in [0.05, 0.1) is 10.8 Å². The first-order chi connectivity index (χ1) is 13.9. The van der Waals surface area contributed by atoms with E-state index in [9.17, 15) is 17.6 Å². The Hall–Kier alpha value is -1.51. The molecule has 1 amide bonds. The van der Waals surface area contributed by atoms with Gasteiger partial charge in [0.1, 0.15) is 5.82 Å². The summed E-state index contributed by atoms with van der Waals surface area (Å²) in [4.78, 5) is 15.3. The van der Waals surface area contributed by atoms with Crippen molar-refractivity contribution in [1.82, 2.24) is 14.5 Å². The van der Waals surface area contributed by atoms with Crippen LogP contribution in [0, 0.1) is 11.7 Å². The largest absolute Gasteiger partial charge is 0.353 e. The molecule has 1 aromatic carbocycles. The molecule has 1 aromatic rings. The third kappa shape index (κ3) is 5.77. The number of hydrogen-bond acceptors (Lipinski definition) is 4. The number of benzene rings is 1. The topological polar surface area (TPSA) is 69.7 Å².